The van der Waals surface area contributed by atoms with E-state index >= 15 is 0 Å². The zero-order valence-electron chi connectivity index (χ0n) is 15.0. The summed E-state index contributed by atoms with van der Waals surface area (Å²) in [5.74, 6) is 5.02. The molecule has 1 heterocycles. The first-order valence-corrected chi connectivity index (χ1v) is 9.02. The largest absolute Gasteiger partial charge is 0.384 e. The lowest BCUT2D eigenvalue weighted by Gasteiger charge is -2.32. The summed E-state index contributed by atoms with van der Waals surface area (Å²) < 4.78 is 0. The Morgan fingerprint density at radius 2 is 1.96 bits per heavy atom. The summed E-state index contributed by atoms with van der Waals surface area (Å²) in [4.78, 5) is 27.1. The number of hydrogen-bond acceptors (Lipinski definition) is 3. The van der Waals surface area contributed by atoms with Crippen LogP contribution in [0.3, 0.4) is 0 Å². The van der Waals surface area contributed by atoms with Gasteiger partial charge in [-0.3, -0.25) is 9.59 Å². The summed E-state index contributed by atoms with van der Waals surface area (Å²) in [5, 5.41) is 11.7. The molecule has 2 aromatic rings. The molecule has 0 saturated carbocycles. The minimum Gasteiger partial charge on any atom is -0.384 e. The average molecular weight is 362 g/mol. The number of hydrogen-bond donors (Lipinski definition) is 2. The van der Waals surface area contributed by atoms with Crippen LogP contribution in [0.1, 0.15) is 28.8 Å². The van der Waals surface area contributed by atoms with Crippen LogP contribution in [0.4, 0.5) is 5.69 Å². The fourth-order valence-corrected chi connectivity index (χ4v) is 3.20. The van der Waals surface area contributed by atoms with Gasteiger partial charge < -0.3 is 15.3 Å². The predicted octanol–water partition coefficient (Wildman–Crippen LogP) is 2.52. The molecule has 1 atom stereocenters. The van der Waals surface area contributed by atoms with Crippen LogP contribution in [-0.4, -0.2) is 41.5 Å². The molecule has 0 aliphatic carbocycles. The number of rotatable bonds is 3. The Hall–Kier alpha value is -3.10. The Morgan fingerprint density at radius 1 is 1.15 bits per heavy atom. The number of nitrogens with one attached hydrogen (secondary N) is 1. The van der Waals surface area contributed by atoms with Crippen molar-refractivity contribution in [2.24, 2.45) is 5.92 Å². The van der Waals surface area contributed by atoms with Crippen LogP contribution in [0.15, 0.2) is 54.6 Å². The molecule has 0 radical (unpaired) electrons. The fraction of sp³-hybridized carbons (Fsp3) is 0.273. The number of anilines is 1. The maximum atomic E-state index is 12.8. The standard InChI is InChI=1S/C22H22N2O3/c25-14-6-8-17-7-4-9-18(15-17)22(27)24-13-5-10-19(16-24)21(26)23-20-11-2-1-3-12-20/h1-4,7,9,11-12,15,19,25H,5,10,13-14,16H2,(H,23,26). The van der Waals surface area contributed by atoms with E-state index in [2.05, 4.69) is 17.2 Å². The minimum atomic E-state index is -0.222. The lowest BCUT2D eigenvalue weighted by Crippen LogP contribution is -2.43. The summed E-state index contributed by atoms with van der Waals surface area (Å²) >= 11 is 0. The van der Waals surface area contributed by atoms with E-state index in [1.807, 2.05) is 30.3 Å². The van der Waals surface area contributed by atoms with Gasteiger partial charge in [0.25, 0.3) is 5.91 Å². The molecular formula is C22H22N2O3. The number of piperidine rings is 1. The summed E-state index contributed by atoms with van der Waals surface area (Å²) in [5.41, 5.74) is 2.00. The number of nitrogens with zero attached hydrogens (tertiary/aromatic N) is 1. The van der Waals surface area contributed by atoms with Crippen molar-refractivity contribution in [3.05, 3.63) is 65.7 Å². The highest BCUT2D eigenvalue weighted by Gasteiger charge is 2.29. The molecule has 138 valence electrons. The number of aliphatic hydroxyl groups excluding tert-OH is 1. The second-order valence-corrected chi connectivity index (χ2v) is 6.49. The van der Waals surface area contributed by atoms with Crippen LogP contribution in [0.5, 0.6) is 0 Å². The van der Waals surface area contributed by atoms with Gasteiger partial charge in [-0.1, -0.05) is 36.1 Å². The van der Waals surface area contributed by atoms with Crippen molar-refractivity contribution < 1.29 is 14.7 Å². The zero-order valence-corrected chi connectivity index (χ0v) is 15.0. The van der Waals surface area contributed by atoms with Gasteiger partial charge in [-0.15, -0.1) is 0 Å². The fourth-order valence-electron chi connectivity index (χ4n) is 3.20. The smallest absolute Gasteiger partial charge is 0.253 e. The van der Waals surface area contributed by atoms with E-state index in [1.54, 1.807) is 29.2 Å². The van der Waals surface area contributed by atoms with E-state index in [4.69, 9.17) is 5.11 Å². The monoisotopic (exact) mass is 362 g/mol. The van der Waals surface area contributed by atoms with Crippen LogP contribution in [0, 0.1) is 17.8 Å². The Kier molecular flexibility index (Phi) is 6.24. The first-order chi connectivity index (χ1) is 13.2. The summed E-state index contributed by atoms with van der Waals surface area (Å²) in [6, 6.07) is 16.4. The van der Waals surface area contributed by atoms with Crippen molar-refractivity contribution in [3.63, 3.8) is 0 Å². The van der Waals surface area contributed by atoms with Crippen molar-refractivity contribution in [3.8, 4) is 11.8 Å². The second kappa shape index (κ2) is 9.02. The van der Waals surface area contributed by atoms with E-state index in [1.165, 1.54) is 0 Å². The molecule has 2 amide bonds. The van der Waals surface area contributed by atoms with E-state index in [0.29, 0.717) is 24.2 Å². The maximum absolute atomic E-state index is 12.8. The number of carbonyl (C=O) groups excluding carboxylic acids is 2. The molecule has 0 bridgehead atoms. The van der Waals surface area contributed by atoms with Gasteiger partial charge in [0, 0.05) is 29.9 Å². The van der Waals surface area contributed by atoms with Gasteiger partial charge in [-0.2, -0.15) is 0 Å². The van der Waals surface area contributed by atoms with Gasteiger partial charge in [-0.05, 0) is 43.2 Å². The lowest BCUT2D eigenvalue weighted by molar-refractivity contribution is -0.121. The Morgan fingerprint density at radius 3 is 2.74 bits per heavy atom. The number of likely N-dealkylation sites (tertiary alicyclic amines) is 1. The number of carbonyl (C=O) groups is 2. The highest BCUT2D eigenvalue weighted by Crippen LogP contribution is 2.21. The quantitative estimate of drug-likeness (QED) is 0.825. The normalized spacial score (nSPS) is 16.2. The van der Waals surface area contributed by atoms with Crippen molar-refractivity contribution in [1.29, 1.82) is 0 Å². The topological polar surface area (TPSA) is 69.6 Å². The van der Waals surface area contributed by atoms with Gasteiger partial charge in [0.15, 0.2) is 0 Å². The predicted molar refractivity (Wildman–Crippen MR) is 104 cm³/mol. The Labute approximate surface area is 159 Å². The number of aliphatic hydroxyl groups is 1. The third-order valence-corrected chi connectivity index (χ3v) is 4.54. The Balaban J connectivity index is 1.67. The third-order valence-electron chi connectivity index (χ3n) is 4.54. The van der Waals surface area contributed by atoms with Crippen LogP contribution >= 0.6 is 0 Å². The molecule has 1 unspecified atom stereocenters. The highest BCUT2D eigenvalue weighted by atomic mass is 16.2. The van der Waals surface area contributed by atoms with Crippen LogP contribution in [0.2, 0.25) is 0 Å². The van der Waals surface area contributed by atoms with Crippen LogP contribution in [-0.2, 0) is 4.79 Å². The molecule has 5 heteroatoms. The highest BCUT2D eigenvalue weighted by molar-refractivity contribution is 5.96. The number of benzene rings is 2. The molecule has 2 N–H and O–H groups in total. The first-order valence-electron chi connectivity index (χ1n) is 9.02. The molecular weight excluding hydrogens is 340 g/mol. The second-order valence-electron chi connectivity index (χ2n) is 6.49. The summed E-state index contributed by atoms with van der Waals surface area (Å²) in [6.07, 6.45) is 1.56. The SMILES string of the molecule is O=C(Nc1ccccc1)C1CCCN(C(=O)c2cccc(C#CCO)c2)C1. The average Bonchev–Trinajstić information content (AvgIpc) is 2.72. The number of amides is 2. The molecule has 0 spiro atoms. The molecule has 1 fully saturated rings. The van der Waals surface area contributed by atoms with Crippen LogP contribution < -0.4 is 5.32 Å². The Bertz CT molecular complexity index is 868. The first kappa shape index (κ1) is 18.7. The maximum Gasteiger partial charge on any atom is 0.253 e. The summed E-state index contributed by atoms with van der Waals surface area (Å²) in [6.45, 7) is 0.826. The summed E-state index contributed by atoms with van der Waals surface area (Å²) in [7, 11) is 0. The van der Waals surface area contributed by atoms with E-state index in [-0.39, 0.29) is 24.3 Å². The molecule has 1 aliphatic rings. The molecule has 5 nitrogen and oxygen atoms in total. The van der Waals surface area contributed by atoms with E-state index in [9.17, 15) is 9.59 Å². The molecule has 2 aromatic carbocycles. The number of para-hydroxylation sites is 1. The van der Waals surface area contributed by atoms with Crippen molar-refractivity contribution >= 4 is 17.5 Å². The molecule has 0 aromatic heterocycles. The van der Waals surface area contributed by atoms with Crippen molar-refractivity contribution in [2.75, 3.05) is 25.0 Å². The van der Waals surface area contributed by atoms with Crippen molar-refractivity contribution in [1.82, 2.24) is 4.90 Å². The van der Waals surface area contributed by atoms with Gasteiger partial charge in [0.2, 0.25) is 5.91 Å². The lowest BCUT2D eigenvalue weighted by atomic mass is 9.96. The molecule has 1 aliphatic heterocycles. The third kappa shape index (κ3) is 4.96. The van der Waals surface area contributed by atoms with E-state index < -0.39 is 0 Å². The van der Waals surface area contributed by atoms with Gasteiger partial charge in [0.05, 0.1) is 5.92 Å². The van der Waals surface area contributed by atoms with Gasteiger partial charge in [-0.25, -0.2) is 0 Å². The molecule has 3 rings (SSSR count). The minimum absolute atomic E-state index is 0.0544. The molecule has 27 heavy (non-hydrogen) atoms. The van der Waals surface area contributed by atoms with Crippen LogP contribution in [0.25, 0.3) is 0 Å². The zero-order chi connectivity index (χ0) is 19.1. The van der Waals surface area contributed by atoms with E-state index in [0.717, 1.165) is 18.5 Å². The van der Waals surface area contributed by atoms with Gasteiger partial charge in [0.1, 0.15) is 6.61 Å². The van der Waals surface area contributed by atoms with Crippen molar-refractivity contribution in [2.45, 2.75) is 12.8 Å². The van der Waals surface area contributed by atoms with Gasteiger partial charge >= 0.3 is 0 Å². The molecule has 1 saturated heterocycles.